The van der Waals surface area contributed by atoms with Crippen molar-refractivity contribution in [3.63, 3.8) is 0 Å². The SMILES string of the molecule is COc1ccc(Cl)cc1NC(=O)CN(C)CCC(=O)Nc1ccc(Br)cc1F. The van der Waals surface area contributed by atoms with Crippen LogP contribution in [0.25, 0.3) is 0 Å². The zero-order valence-corrected chi connectivity index (χ0v) is 17.7. The molecule has 28 heavy (non-hydrogen) atoms. The number of amides is 2. The molecule has 2 amide bonds. The van der Waals surface area contributed by atoms with Gasteiger partial charge in [0.2, 0.25) is 11.8 Å². The summed E-state index contributed by atoms with van der Waals surface area (Å²) in [5, 5.41) is 5.72. The fraction of sp³-hybridized carbons (Fsp3) is 0.263. The molecule has 2 rings (SSSR count). The van der Waals surface area contributed by atoms with Gasteiger partial charge in [-0.25, -0.2) is 4.39 Å². The van der Waals surface area contributed by atoms with E-state index in [0.29, 0.717) is 27.5 Å². The monoisotopic (exact) mass is 471 g/mol. The molecule has 0 unspecified atom stereocenters. The highest BCUT2D eigenvalue weighted by Gasteiger charge is 2.13. The first-order valence-corrected chi connectivity index (χ1v) is 9.52. The van der Waals surface area contributed by atoms with Gasteiger partial charge in [-0.1, -0.05) is 27.5 Å². The molecule has 0 heterocycles. The number of benzene rings is 2. The zero-order chi connectivity index (χ0) is 20.7. The minimum absolute atomic E-state index is 0.0651. The summed E-state index contributed by atoms with van der Waals surface area (Å²) in [4.78, 5) is 25.9. The first-order chi connectivity index (χ1) is 13.3. The van der Waals surface area contributed by atoms with Crippen LogP contribution in [0, 0.1) is 5.82 Å². The standard InChI is InChI=1S/C19H20BrClFN3O3/c1-25(8-7-18(26)23-15-5-3-12(20)9-14(15)22)11-19(27)24-16-10-13(21)4-6-17(16)28-2/h3-6,9-10H,7-8,11H2,1-2H3,(H,23,26)(H,24,27). The van der Waals surface area contributed by atoms with Crippen LogP contribution in [0.1, 0.15) is 6.42 Å². The van der Waals surface area contributed by atoms with Crippen LogP contribution in [0.3, 0.4) is 0 Å². The lowest BCUT2D eigenvalue weighted by molar-refractivity contribution is -0.119. The minimum atomic E-state index is -0.522. The summed E-state index contributed by atoms with van der Waals surface area (Å²) in [5.41, 5.74) is 0.582. The van der Waals surface area contributed by atoms with Gasteiger partial charge >= 0.3 is 0 Å². The third kappa shape index (κ3) is 6.78. The third-order valence-corrected chi connectivity index (χ3v) is 4.50. The van der Waals surface area contributed by atoms with E-state index in [-0.39, 0.29) is 30.5 Å². The molecule has 0 saturated heterocycles. The van der Waals surface area contributed by atoms with E-state index in [1.807, 2.05) is 0 Å². The van der Waals surface area contributed by atoms with E-state index in [4.69, 9.17) is 16.3 Å². The maximum absolute atomic E-state index is 13.8. The summed E-state index contributed by atoms with van der Waals surface area (Å²) in [6.45, 7) is 0.389. The van der Waals surface area contributed by atoms with Crippen molar-refractivity contribution in [3.05, 3.63) is 51.7 Å². The van der Waals surface area contributed by atoms with E-state index in [1.165, 1.54) is 19.2 Å². The summed E-state index contributed by atoms with van der Waals surface area (Å²) in [6.07, 6.45) is 0.111. The lowest BCUT2D eigenvalue weighted by Gasteiger charge is -2.17. The van der Waals surface area contributed by atoms with Crippen LogP contribution in [-0.2, 0) is 9.59 Å². The molecule has 2 aromatic rings. The van der Waals surface area contributed by atoms with Gasteiger partial charge in [0.15, 0.2) is 0 Å². The fourth-order valence-corrected chi connectivity index (χ4v) is 2.89. The van der Waals surface area contributed by atoms with Crippen LogP contribution in [-0.4, -0.2) is 44.0 Å². The van der Waals surface area contributed by atoms with Gasteiger partial charge in [0.25, 0.3) is 0 Å². The second kappa shape index (κ2) is 10.4. The lowest BCUT2D eigenvalue weighted by atomic mass is 10.2. The van der Waals surface area contributed by atoms with Crippen molar-refractivity contribution >= 4 is 50.7 Å². The Bertz CT molecular complexity index is 866. The number of ether oxygens (including phenoxy) is 1. The van der Waals surface area contributed by atoms with Crippen LogP contribution in [0.5, 0.6) is 5.75 Å². The number of hydrogen-bond donors (Lipinski definition) is 2. The second-order valence-electron chi connectivity index (χ2n) is 6.05. The number of likely N-dealkylation sites (N-methyl/N-ethyl adjacent to an activating group) is 1. The van der Waals surface area contributed by atoms with Gasteiger partial charge in [-0.15, -0.1) is 0 Å². The van der Waals surface area contributed by atoms with Gasteiger partial charge in [0.05, 0.1) is 25.0 Å². The van der Waals surface area contributed by atoms with Crippen LogP contribution in [0.4, 0.5) is 15.8 Å². The molecule has 0 aromatic heterocycles. The number of methoxy groups -OCH3 is 1. The van der Waals surface area contributed by atoms with Crippen LogP contribution >= 0.6 is 27.5 Å². The molecular weight excluding hydrogens is 453 g/mol. The molecule has 2 N–H and O–H groups in total. The average Bonchev–Trinajstić information content (AvgIpc) is 2.62. The number of anilines is 2. The Morgan fingerprint density at radius 2 is 1.86 bits per heavy atom. The summed E-state index contributed by atoms with van der Waals surface area (Å²) in [6, 6.07) is 9.31. The molecule has 0 aliphatic carbocycles. The lowest BCUT2D eigenvalue weighted by Crippen LogP contribution is -2.32. The molecule has 0 atom stereocenters. The molecule has 0 aliphatic rings. The number of hydrogen-bond acceptors (Lipinski definition) is 4. The van der Waals surface area contributed by atoms with E-state index in [1.54, 1.807) is 36.2 Å². The van der Waals surface area contributed by atoms with Crippen LogP contribution in [0.2, 0.25) is 5.02 Å². The van der Waals surface area contributed by atoms with Gasteiger partial charge < -0.3 is 15.4 Å². The topological polar surface area (TPSA) is 70.7 Å². The van der Waals surface area contributed by atoms with E-state index in [9.17, 15) is 14.0 Å². The molecule has 2 aromatic carbocycles. The van der Waals surface area contributed by atoms with E-state index in [0.717, 1.165) is 0 Å². The number of carbonyl (C=O) groups is 2. The molecule has 9 heteroatoms. The van der Waals surface area contributed by atoms with Crippen molar-refractivity contribution in [2.75, 3.05) is 37.9 Å². The predicted octanol–water partition coefficient (Wildman–Crippen LogP) is 4.15. The molecule has 0 aliphatic heterocycles. The number of nitrogens with zero attached hydrogens (tertiary/aromatic N) is 1. The van der Waals surface area contributed by atoms with Gasteiger partial charge in [0, 0.05) is 22.5 Å². The maximum atomic E-state index is 13.8. The highest BCUT2D eigenvalue weighted by molar-refractivity contribution is 9.10. The Kier molecular flexibility index (Phi) is 8.22. The smallest absolute Gasteiger partial charge is 0.238 e. The van der Waals surface area contributed by atoms with Crippen LogP contribution in [0.15, 0.2) is 40.9 Å². The Labute approximate surface area is 176 Å². The highest BCUT2D eigenvalue weighted by Crippen LogP contribution is 2.27. The summed E-state index contributed by atoms with van der Waals surface area (Å²) >= 11 is 9.10. The maximum Gasteiger partial charge on any atom is 0.238 e. The quantitative estimate of drug-likeness (QED) is 0.605. The molecule has 0 saturated carbocycles. The predicted molar refractivity (Wildman–Crippen MR) is 111 cm³/mol. The second-order valence-corrected chi connectivity index (χ2v) is 7.41. The normalized spacial score (nSPS) is 10.6. The summed E-state index contributed by atoms with van der Waals surface area (Å²) in [5.74, 6) is -0.644. The molecule has 0 radical (unpaired) electrons. The summed E-state index contributed by atoms with van der Waals surface area (Å²) < 4.78 is 19.5. The Morgan fingerprint density at radius 3 is 2.54 bits per heavy atom. The van der Waals surface area contributed by atoms with Crippen molar-refractivity contribution < 1.29 is 18.7 Å². The number of carbonyl (C=O) groups excluding carboxylic acids is 2. The Hall–Kier alpha value is -2.16. The number of halogens is 3. The molecular formula is C19H20BrClFN3O3. The Morgan fingerprint density at radius 1 is 1.14 bits per heavy atom. The minimum Gasteiger partial charge on any atom is -0.495 e. The third-order valence-electron chi connectivity index (χ3n) is 3.77. The Balaban J connectivity index is 1.81. The largest absolute Gasteiger partial charge is 0.495 e. The van der Waals surface area contributed by atoms with Gasteiger partial charge in [0.1, 0.15) is 11.6 Å². The van der Waals surface area contributed by atoms with Crippen molar-refractivity contribution in [1.82, 2.24) is 4.90 Å². The van der Waals surface area contributed by atoms with Gasteiger partial charge in [-0.05, 0) is 43.4 Å². The molecule has 6 nitrogen and oxygen atoms in total. The first kappa shape index (κ1) is 22.1. The number of nitrogens with one attached hydrogen (secondary N) is 2. The highest BCUT2D eigenvalue weighted by atomic mass is 79.9. The molecule has 0 bridgehead atoms. The summed E-state index contributed by atoms with van der Waals surface area (Å²) in [7, 11) is 3.21. The number of rotatable bonds is 8. The van der Waals surface area contributed by atoms with Crippen molar-refractivity contribution in [2.45, 2.75) is 6.42 Å². The average molecular weight is 473 g/mol. The molecule has 0 spiro atoms. The van der Waals surface area contributed by atoms with E-state index < -0.39 is 5.82 Å². The molecule has 0 fully saturated rings. The van der Waals surface area contributed by atoms with E-state index >= 15 is 0 Å². The van der Waals surface area contributed by atoms with Gasteiger partial charge in [-0.3, -0.25) is 14.5 Å². The van der Waals surface area contributed by atoms with E-state index in [2.05, 4.69) is 26.6 Å². The fourth-order valence-electron chi connectivity index (χ4n) is 2.39. The molecule has 150 valence electrons. The van der Waals surface area contributed by atoms with Crippen LogP contribution < -0.4 is 15.4 Å². The van der Waals surface area contributed by atoms with Crippen molar-refractivity contribution in [1.29, 1.82) is 0 Å². The first-order valence-electron chi connectivity index (χ1n) is 8.35. The van der Waals surface area contributed by atoms with Crippen molar-refractivity contribution in [3.8, 4) is 5.75 Å². The van der Waals surface area contributed by atoms with Gasteiger partial charge in [-0.2, -0.15) is 0 Å². The zero-order valence-electron chi connectivity index (χ0n) is 15.4. The van der Waals surface area contributed by atoms with Crippen molar-refractivity contribution in [2.24, 2.45) is 0 Å².